The van der Waals surface area contributed by atoms with Crippen molar-refractivity contribution in [1.82, 2.24) is 20.0 Å². The summed E-state index contributed by atoms with van der Waals surface area (Å²) in [6.07, 6.45) is -8.39. The molecule has 4 fully saturated rings. The summed E-state index contributed by atoms with van der Waals surface area (Å²) in [5.41, 5.74) is 4.94. The fourth-order valence-electron chi connectivity index (χ4n) is 14.9. The summed E-state index contributed by atoms with van der Waals surface area (Å²) in [5.74, 6) is -4.69. The van der Waals surface area contributed by atoms with Crippen molar-refractivity contribution < 1.29 is 128 Å². The third-order valence-electron chi connectivity index (χ3n) is 20.7. The first-order valence-corrected chi connectivity index (χ1v) is 38.8. The molecule has 5 amide bonds. The normalized spacial score (nSPS) is 23.2. The summed E-state index contributed by atoms with van der Waals surface area (Å²) in [4.78, 5) is 99.8. The van der Waals surface area contributed by atoms with E-state index in [2.05, 4.69) is 18.5 Å². The molecule has 5 unspecified atom stereocenters. The lowest BCUT2D eigenvalue weighted by molar-refractivity contribution is -0.195. The van der Waals surface area contributed by atoms with Crippen molar-refractivity contribution in [3.8, 4) is 40.2 Å². The van der Waals surface area contributed by atoms with Gasteiger partial charge in [0.25, 0.3) is 17.7 Å². The summed E-state index contributed by atoms with van der Waals surface area (Å²) in [7, 11) is 0.911. The van der Waals surface area contributed by atoms with Gasteiger partial charge >= 0.3 is 28.4 Å². The summed E-state index contributed by atoms with van der Waals surface area (Å²) in [5, 5.41) is 66.7. The van der Waals surface area contributed by atoms with Crippen molar-refractivity contribution in [2.24, 2.45) is 5.92 Å². The van der Waals surface area contributed by atoms with E-state index in [4.69, 9.17) is 55.7 Å². The molecule has 33 nitrogen and oxygen atoms in total. The maximum Gasteiger partial charge on any atom is 0.501 e. The third-order valence-corrected chi connectivity index (χ3v) is 21.5. The van der Waals surface area contributed by atoms with Crippen LogP contribution in [0.15, 0.2) is 133 Å². The number of benzene rings is 5. The molecule has 0 saturated carbocycles. The second kappa shape index (κ2) is 35.4. The number of aliphatic carboxylic acids is 2. The number of carboxylic acid groups (broad SMARTS) is 2. The number of carbonyl (C=O) groups excluding carboxylic acids is 5. The van der Waals surface area contributed by atoms with Gasteiger partial charge < -0.3 is 111 Å². The number of hydrogen-bond donors (Lipinski definition) is 7. The van der Waals surface area contributed by atoms with Gasteiger partial charge in [0.2, 0.25) is 18.5 Å². The average Bonchev–Trinajstić information content (AvgIpc) is 1.31. The maximum absolute atomic E-state index is 14.6. The zero-order valence-corrected chi connectivity index (χ0v) is 65.5. The number of aliphatic hydroxyl groups is 4. The van der Waals surface area contributed by atoms with Gasteiger partial charge in [0.1, 0.15) is 37.6 Å². The Hall–Kier alpha value is -11.0. The van der Waals surface area contributed by atoms with Crippen molar-refractivity contribution in [2.75, 3.05) is 64.3 Å². The van der Waals surface area contributed by atoms with Crippen LogP contribution >= 0.6 is 0 Å². The number of nitrogens with zero attached hydrogens (tertiary/aromatic N) is 5. The number of allylic oxidation sites excluding steroid dienone is 3. The molecule has 7 aliphatic rings. The molecule has 0 aromatic heterocycles. The molecular formula is C81H94N6O27S. The smallest absolute Gasteiger partial charge is 0.493 e. The number of aliphatic hydroxyl groups excluding tert-OH is 4. The Morgan fingerprint density at radius 1 is 0.635 bits per heavy atom. The van der Waals surface area contributed by atoms with Crippen LogP contribution in [0.2, 0.25) is 0 Å². The molecule has 12 rings (SSSR count). The highest BCUT2D eigenvalue weighted by molar-refractivity contribution is 7.82. The Morgan fingerprint density at radius 2 is 1.18 bits per heavy atom. The molecule has 34 heteroatoms. The predicted molar refractivity (Wildman–Crippen MR) is 408 cm³/mol. The topological polar surface area (TPSA) is 414 Å². The molecule has 1 aliphatic carbocycles. The van der Waals surface area contributed by atoms with Gasteiger partial charge in [-0.3, -0.25) is 19.2 Å². The Balaban J connectivity index is 0.792. The number of likely N-dealkylation sites (N-methyl/N-ethyl adjacent to an activating group) is 2. The third kappa shape index (κ3) is 19.5. The van der Waals surface area contributed by atoms with Crippen LogP contribution < -0.4 is 47.7 Å². The fraction of sp³-hybridized carbons (Fsp3) is 0.444. The second-order valence-electron chi connectivity index (χ2n) is 29.6. The van der Waals surface area contributed by atoms with E-state index in [0.717, 1.165) is 22.1 Å². The van der Waals surface area contributed by atoms with E-state index < -0.39 is 120 Å². The Kier molecular flexibility index (Phi) is 25.7. The highest BCUT2D eigenvalue weighted by Gasteiger charge is 2.48. The van der Waals surface area contributed by atoms with E-state index in [1.54, 1.807) is 74.0 Å². The van der Waals surface area contributed by atoms with E-state index in [9.17, 15) is 72.6 Å². The molecule has 5 aromatic rings. The molecule has 5 aromatic carbocycles. The zero-order chi connectivity index (χ0) is 82.6. The van der Waals surface area contributed by atoms with Gasteiger partial charge in [-0.1, -0.05) is 62.4 Å². The predicted octanol–water partition coefficient (Wildman–Crippen LogP) is 7.04. The van der Waals surface area contributed by atoms with Crippen LogP contribution in [0.5, 0.6) is 40.2 Å². The number of nitrogens with one attached hydrogen (secondary N) is 1. The molecule has 6 heterocycles. The molecule has 616 valence electrons. The van der Waals surface area contributed by atoms with Gasteiger partial charge in [-0.25, -0.2) is 19.3 Å². The van der Waals surface area contributed by atoms with Crippen LogP contribution in [0.3, 0.4) is 0 Å². The zero-order valence-electron chi connectivity index (χ0n) is 64.7. The van der Waals surface area contributed by atoms with Crippen molar-refractivity contribution in [1.29, 1.82) is 0 Å². The number of amides is 5. The van der Waals surface area contributed by atoms with Crippen molar-refractivity contribution in [2.45, 2.75) is 173 Å². The molecule has 0 bridgehead atoms. The molecule has 6 aliphatic heterocycles. The van der Waals surface area contributed by atoms with E-state index in [1.807, 2.05) is 25.1 Å². The van der Waals surface area contributed by atoms with Crippen LogP contribution in [0, 0.1) is 5.92 Å². The molecule has 0 radical (unpaired) electrons. The monoisotopic (exact) mass is 1610 g/mol. The minimum atomic E-state index is -5.08. The molecular weight excluding hydrogens is 1520 g/mol. The van der Waals surface area contributed by atoms with E-state index in [-0.39, 0.29) is 158 Å². The number of fused-ring (bicyclic) bond motifs is 4. The SMILES string of the molecule is C=C1CC2C(O)N(C)c3cc(OCc4cc(COc5cc6c(cc5OC)C(=O)N5CC(=C)C[C@H]5[C@H](O)N6C(=O)OCc5ccc(O[C@H]6C[C@@H](O)C[C@@H](C(=O)O)O6)cc5)cc(CC(C)C5=CC(OS(=O)(=O)Oc6cc(C(=O)N(C)CC(C)OC(C)CNC(=O)CC)ccc6O[C@H]6C[C@@H](O)C[C@@H](C(=O)O)O6)=C5)c4)c(OC)cc3C(=O)N2C1. The van der Waals surface area contributed by atoms with E-state index >= 15 is 0 Å². The first kappa shape index (κ1) is 83.4. The van der Waals surface area contributed by atoms with Gasteiger partial charge in [-0.2, -0.15) is 0 Å². The van der Waals surface area contributed by atoms with Gasteiger partial charge in [-0.15, -0.1) is 8.42 Å². The van der Waals surface area contributed by atoms with Crippen molar-refractivity contribution in [3.63, 3.8) is 0 Å². The van der Waals surface area contributed by atoms with Crippen LogP contribution in [-0.2, 0) is 74.2 Å². The molecule has 13 atom stereocenters. The standard InChI is InChI=1S/C81H94N6O27S/c1-11-71(90)82-35-45(5)108-46(6)38-83(7)74(91)51-14-17-63(110-73-30-54(89)28-70(112-73)80(98)99)68(26-51)114-115(101,102)113-56-24-52(25-56)44(4)20-48-21-49(40-105-66-33-59-57(31-64(66)103-9)75(92)85-36-42(2)18-61(85)77(94)84(59)8)23-50(22-48)41-106-67-34-60-58(32-65(67)104-10)76(93)86-37-43(3)19-62(86)78(95)87(60)81(100)107-39-47-12-15-55(16-13-47)109-72-29-53(88)27-69(111-72)79(96)97/h12-17,21-26,31-34,44-46,53-54,61-62,69-70,72-73,77-78,88-89,94-95H,2-3,11,18-20,27-30,35-41H2,1,4-10H3,(H,82,90)(H,96,97)(H,98,99)/t44?,45?,46?,53-,54-,61?,62-,69-,70-,72+,73+,77?,78-/m0/s1. The lowest BCUT2D eigenvalue weighted by Crippen LogP contribution is -2.50. The summed E-state index contributed by atoms with van der Waals surface area (Å²) in [6.45, 7) is 15.3. The number of hydrogen-bond acceptors (Lipinski definition) is 26. The minimum Gasteiger partial charge on any atom is -0.493 e. The number of carboxylic acids is 2. The minimum absolute atomic E-state index is 0.0272. The number of carbonyl (C=O) groups is 7. The Bertz CT molecular complexity index is 4760. The first-order valence-electron chi connectivity index (χ1n) is 37.5. The molecule has 115 heavy (non-hydrogen) atoms. The summed E-state index contributed by atoms with van der Waals surface area (Å²) < 4.78 is 98.7. The molecule has 0 spiro atoms. The number of methoxy groups -OCH3 is 2. The summed E-state index contributed by atoms with van der Waals surface area (Å²) in [6, 6.07) is 20.0. The fourth-order valence-corrected chi connectivity index (χ4v) is 15.6. The second-order valence-corrected chi connectivity index (χ2v) is 30.7. The summed E-state index contributed by atoms with van der Waals surface area (Å²) >= 11 is 0. The van der Waals surface area contributed by atoms with Crippen LogP contribution in [0.25, 0.3) is 0 Å². The van der Waals surface area contributed by atoms with Crippen LogP contribution in [-0.4, -0.2) is 224 Å². The van der Waals surface area contributed by atoms with Gasteiger partial charge in [0, 0.05) is 90.1 Å². The Labute approximate surface area is 663 Å². The average molecular weight is 1620 g/mol. The number of ether oxygens (including phenoxy) is 10. The lowest BCUT2D eigenvalue weighted by atomic mass is 9.87. The van der Waals surface area contributed by atoms with E-state index in [1.165, 1.54) is 67.5 Å². The quantitative estimate of drug-likeness (QED) is 0.0219. The highest BCUT2D eigenvalue weighted by atomic mass is 32.3. The number of anilines is 2. The van der Waals surface area contributed by atoms with Crippen molar-refractivity contribution in [3.05, 3.63) is 172 Å². The van der Waals surface area contributed by atoms with Gasteiger partial charge in [0.15, 0.2) is 52.9 Å². The van der Waals surface area contributed by atoms with Gasteiger partial charge in [0.05, 0.1) is 73.2 Å². The lowest BCUT2D eigenvalue weighted by Gasteiger charge is -2.31. The molecule has 7 N–H and O–H groups in total. The Morgan fingerprint density at radius 3 is 1.75 bits per heavy atom. The van der Waals surface area contributed by atoms with Crippen LogP contribution in [0.1, 0.15) is 126 Å². The number of rotatable bonds is 31. The van der Waals surface area contributed by atoms with Crippen molar-refractivity contribution >= 4 is 63.4 Å². The van der Waals surface area contributed by atoms with Crippen LogP contribution in [0.4, 0.5) is 16.2 Å². The highest BCUT2D eigenvalue weighted by Crippen LogP contribution is 2.45. The largest absolute Gasteiger partial charge is 0.501 e. The first-order chi connectivity index (χ1) is 54.7. The maximum atomic E-state index is 14.6. The molecule has 4 saturated heterocycles. The van der Waals surface area contributed by atoms with Gasteiger partial charge in [-0.05, 0) is 128 Å². The van der Waals surface area contributed by atoms with E-state index in [0.29, 0.717) is 52.8 Å².